The van der Waals surface area contributed by atoms with Crippen molar-refractivity contribution < 1.29 is 35.9 Å². The SMILES string of the molecule is CC[C@@H](C(=O)N[C@@H](Cc1cc(F)cc(F)c1)c1ncccc1-c1ccc(F)c(C(N)=O)c1)n1cc(C(F)(F)F)cn1. The predicted octanol–water partition coefficient (Wildman–Crippen LogP) is 5.53. The van der Waals surface area contributed by atoms with Crippen molar-refractivity contribution in [1.82, 2.24) is 20.1 Å². The van der Waals surface area contributed by atoms with E-state index in [1.165, 1.54) is 18.3 Å². The zero-order chi connectivity index (χ0) is 29.9. The van der Waals surface area contributed by atoms with Crippen molar-refractivity contribution in [2.75, 3.05) is 0 Å². The van der Waals surface area contributed by atoms with E-state index >= 15 is 0 Å². The molecule has 0 radical (unpaired) electrons. The average Bonchev–Trinajstić information content (AvgIpc) is 3.39. The van der Waals surface area contributed by atoms with Crippen LogP contribution in [0.1, 0.15) is 52.6 Å². The molecule has 0 aliphatic carbocycles. The third-order valence-electron chi connectivity index (χ3n) is 6.33. The molecule has 0 aliphatic heterocycles. The highest BCUT2D eigenvalue weighted by molar-refractivity contribution is 5.94. The summed E-state index contributed by atoms with van der Waals surface area (Å²) in [5.41, 5.74) is 4.83. The van der Waals surface area contributed by atoms with Crippen molar-refractivity contribution in [3.8, 4) is 11.1 Å². The highest BCUT2D eigenvalue weighted by Gasteiger charge is 2.34. The van der Waals surface area contributed by atoms with Gasteiger partial charge in [0.1, 0.15) is 23.5 Å². The predicted molar refractivity (Wildman–Crippen MR) is 136 cm³/mol. The van der Waals surface area contributed by atoms with Gasteiger partial charge in [-0.2, -0.15) is 18.3 Å². The zero-order valence-corrected chi connectivity index (χ0v) is 21.4. The van der Waals surface area contributed by atoms with Gasteiger partial charge in [-0.3, -0.25) is 19.3 Å². The molecule has 2 aromatic carbocycles. The number of nitrogens with zero attached hydrogens (tertiary/aromatic N) is 3. The van der Waals surface area contributed by atoms with Crippen LogP contribution in [0.2, 0.25) is 0 Å². The highest BCUT2D eigenvalue weighted by atomic mass is 19.4. The van der Waals surface area contributed by atoms with Gasteiger partial charge < -0.3 is 11.1 Å². The lowest BCUT2D eigenvalue weighted by Crippen LogP contribution is -2.37. The number of aromatic nitrogens is 3. The molecule has 0 bridgehead atoms. The summed E-state index contributed by atoms with van der Waals surface area (Å²) in [6.07, 6.45) is -2.09. The standard InChI is InChI=1S/C28H23F6N5O2/c1-2-24(39-14-17(13-37-39)28(32,33)34)27(41)38-23(10-15-8-18(29)12-19(30)9-15)25-20(4-3-7-36-25)16-5-6-22(31)21(11-16)26(35)40/h3-9,11-14,23-24H,2,10H2,1H3,(H2,35,40)(H,38,41)/t23-,24-/m0/s1. The number of halogens is 6. The van der Waals surface area contributed by atoms with Crippen molar-refractivity contribution >= 4 is 11.8 Å². The summed E-state index contributed by atoms with van der Waals surface area (Å²) in [5.74, 6) is -4.33. The lowest BCUT2D eigenvalue weighted by Gasteiger charge is -2.24. The summed E-state index contributed by atoms with van der Waals surface area (Å²) >= 11 is 0. The molecular weight excluding hydrogens is 552 g/mol. The van der Waals surface area contributed by atoms with Crippen LogP contribution < -0.4 is 11.1 Å². The van der Waals surface area contributed by atoms with Gasteiger partial charge >= 0.3 is 6.18 Å². The first-order valence-corrected chi connectivity index (χ1v) is 12.3. The molecule has 0 spiro atoms. The van der Waals surface area contributed by atoms with Gasteiger partial charge in [0.05, 0.1) is 29.1 Å². The second-order valence-electron chi connectivity index (χ2n) is 9.17. The fourth-order valence-corrected chi connectivity index (χ4v) is 4.42. The summed E-state index contributed by atoms with van der Waals surface area (Å²) < 4.78 is 82.5. The lowest BCUT2D eigenvalue weighted by molar-refractivity contribution is -0.138. The Morgan fingerprint density at radius 2 is 1.76 bits per heavy atom. The Bertz CT molecular complexity index is 1570. The molecule has 2 aromatic heterocycles. The van der Waals surface area contributed by atoms with E-state index in [0.717, 1.165) is 22.9 Å². The van der Waals surface area contributed by atoms with Gasteiger partial charge in [-0.05, 0) is 54.3 Å². The number of benzene rings is 2. The minimum atomic E-state index is -4.67. The van der Waals surface area contributed by atoms with Crippen molar-refractivity contribution in [2.24, 2.45) is 5.73 Å². The second-order valence-corrected chi connectivity index (χ2v) is 9.17. The number of amides is 2. The molecule has 0 fully saturated rings. The first kappa shape index (κ1) is 29.3. The van der Waals surface area contributed by atoms with Crippen LogP contribution in [-0.4, -0.2) is 26.6 Å². The first-order valence-electron chi connectivity index (χ1n) is 12.3. The minimum Gasteiger partial charge on any atom is -0.366 e. The molecule has 4 rings (SSSR count). The second kappa shape index (κ2) is 11.8. The normalized spacial score (nSPS) is 13.0. The Labute approximate surface area is 230 Å². The molecule has 0 saturated carbocycles. The van der Waals surface area contributed by atoms with Crippen molar-refractivity contribution in [3.05, 3.63) is 107 Å². The molecule has 2 amide bonds. The molecule has 214 valence electrons. The number of hydrogen-bond donors (Lipinski definition) is 2. The van der Waals surface area contributed by atoms with E-state index in [1.807, 2.05) is 0 Å². The number of nitrogens with one attached hydrogen (secondary N) is 1. The maximum Gasteiger partial charge on any atom is 0.419 e. The van der Waals surface area contributed by atoms with Crippen molar-refractivity contribution in [1.29, 1.82) is 0 Å². The van der Waals surface area contributed by atoms with E-state index in [4.69, 9.17) is 5.73 Å². The number of rotatable bonds is 9. The van der Waals surface area contributed by atoms with Crippen LogP contribution in [0.4, 0.5) is 26.3 Å². The van der Waals surface area contributed by atoms with Crippen molar-refractivity contribution in [2.45, 2.75) is 38.0 Å². The maximum absolute atomic E-state index is 14.2. The summed E-state index contributed by atoms with van der Waals surface area (Å²) in [6, 6.07) is 7.28. The van der Waals surface area contributed by atoms with E-state index in [0.29, 0.717) is 29.6 Å². The average molecular weight is 576 g/mol. The number of hydrogen-bond acceptors (Lipinski definition) is 4. The highest BCUT2D eigenvalue weighted by Crippen LogP contribution is 2.32. The van der Waals surface area contributed by atoms with Gasteiger partial charge in [-0.15, -0.1) is 0 Å². The molecule has 41 heavy (non-hydrogen) atoms. The topological polar surface area (TPSA) is 103 Å². The number of nitrogens with two attached hydrogens (primary N) is 1. The van der Waals surface area contributed by atoms with Gasteiger partial charge in [0.25, 0.3) is 5.91 Å². The molecule has 0 aliphatic rings. The van der Waals surface area contributed by atoms with Gasteiger partial charge in [0, 0.05) is 24.0 Å². The van der Waals surface area contributed by atoms with Crippen LogP contribution in [0.15, 0.2) is 67.1 Å². The molecule has 0 unspecified atom stereocenters. The largest absolute Gasteiger partial charge is 0.419 e. The maximum atomic E-state index is 14.2. The molecular formula is C28H23F6N5O2. The Hall–Kier alpha value is -4.68. The van der Waals surface area contributed by atoms with Gasteiger partial charge in [-0.1, -0.05) is 19.1 Å². The fraction of sp³-hybridized carbons (Fsp3) is 0.214. The van der Waals surface area contributed by atoms with E-state index in [9.17, 15) is 35.9 Å². The zero-order valence-electron chi connectivity index (χ0n) is 21.4. The van der Waals surface area contributed by atoms with Gasteiger partial charge in [0.2, 0.25) is 5.91 Å². The van der Waals surface area contributed by atoms with Crippen LogP contribution in [0, 0.1) is 17.5 Å². The molecule has 2 heterocycles. The molecule has 13 heteroatoms. The number of alkyl halides is 3. The number of carbonyl (C=O) groups is 2. The van der Waals surface area contributed by atoms with Crippen LogP contribution in [0.25, 0.3) is 11.1 Å². The fourth-order valence-electron chi connectivity index (χ4n) is 4.42. The summed E-state index contributed by atoms with van der Waals surface area (Å²) in [6.45, 7) is 1.58. The van der Waals surface area contributed by atoms with Crippen LogP contribution in [0.5, 0.6) is 0 Å². The number of pyridine rings is 1. The van der Waals surface area contributed by atoms with E-state index in [2.05, 4.69) is 15.4 Å². The van der Waals surface area contributed by atoms with E-state index in [1.54, 1.807) is 19.1 Å². The number of carbonyl (C=O) groups excluding carboxylic acids is 2. The van der Waals surface area contributed by atoms with Gasteiger partial charge in [0.15, 0.2) is 0 Å². The van der Waals surface area contributed by atoms with Crippen LogP contribution >= 0.6 is 0 Å². The summed E-state index contributed by atoms with van der Waals surface area (Å²) in [4.78, 5) is 29.5. The minimum absolute atomic E-state index is 0.0567. The molecule has 7 nitrogen and oxygen atoms in total. The smallest absolute Gasteiger partial charge is 0.366 e. The van der Waals surface area contributed by atoms with E-state index < -0.39 is 58.7 Å². The van der Waals surface area contributed by atoms with Crippen LogP contribution in [0.3, 0.4) is 0 Å². The van der Waals surface area contributed by atoms with Crippen molar-refractivity contribution in [3.63, 3.8) is 0 Å². The molecule has 2 atom stereocenters. The molecule has 4 aromatic rings. The summed E-state index contributed by atoms with van der Waals surface area (Å²) in [7, 11) is 0. The quantitative estimate of drug-likeness (QED) is 0.256. The lowest BCUT2D eigenvalue weighted by atomic mass is 9.94. The first-order chi connectivity index (χ1) is 19.4. The Morgan fingerprint density at radius 3 is 2.37 bits per heavy atom. The monoisotopic (exact) mass is 575 g/mol. The Balaban J connectivity index is 1.77. The summed E-state index contributed by atoms with van der Waals surface area (Å²) in [5, 5.41) is 6.43. The Kier molecular flexibility index (Phi) is 8.45. The molecule has 3 N–H and O–H groups in total. The number of primary amides is 1. The van der Waals surface area contributed by atoms with Crippen LogP contribution in [-0.2, 0) is 17.4 Å². The van der Waals surface area contributed by atoms with E-state index in [-0.39, 0.29) is 24.1 Å². The Morgan fingerprint density at radius 1 is 1.05 bits per heavy atom. The molecule has 0 saturated heterocycles. The van der Waals surface area contributed by atoms with Gasteiger partial charge in [-0.25, -0.2) is 13.2 Å². The third-order valence-corrected chi connectivity index (χ3v) is 6.33. The third kappa shape index (κ3) is 6.73.